The van der Waals surface area contributed by atoms with Gasteiger partial charge in [-0.15, -0.1) is 35.3 Å². The number of halogens is 1. The van der Waals surface area contributed by atoms with Gasteiger partial charge < -0.3 is 15.8 Å². The number of nitrogens with one attached hydrogen (secondary N) is 1. The van der Waals surface area contributed by atoms with Gasteiger partial charge in [-0.25, -0.2) is 0 Å². The zero-order valence-corrected chi connectivity index (χ0v) is 18.2. The average molecular weight is 486 g/mol. The van der Waals surface area contributed by atoms with Crippen molar-refractivity contribution in [2.45, 2.75) is 19.4 Å². The van der Waals surface area contributed by atoms with Crippen molar-refractivity contribution >= 4 is 47.0 Å². The van der Waals surface area contributed by atoms with Crippen LogP contribution in [0.25, 0.3) is 0 Å². The van der Waals surface area contributed by atoms with E-state index in [-0.39, 0.29) is 30.0 Å². The zero-order chi connectivity index (χ0) is 17.5. The number of morpholine rings is 1. The predicted octanol–water partition coefficient (Wildman–Crippen LogP) is 3.73. The van der Waals surface area contributed by atoms with Crippen LogP contribution in [0, 0.1) is 0 Å². The molecule has 1 fully saturated rings. The number of thiophene rings is 1. The SMILES string of the molecule is CCc1cccc(NC(N)=NCC(c2cccs2)N2CCOCC2)c1.I. The highest BCUT2D eigenvalue weighted by molar-refractivity contribution is 14.0. The summed E-state index contributed by atoms with van der Waals surface area (Å²) in [6, 6.07) is 12.8. The maximum atomic E-state index is 6.13. The molecule has 1 unspecified atom stereocenters. The van der Waals surface area contributed by atoms with Gasteiger partial charge in [-0.05, 0) is 35.6 Å². The Morgan fingerprint density at radius 3 is 2.81 bits per heavy atom. The van der Waals surface area contributed by atoms with Gasteiger partial charge in [0.15, 0.2) is 5.96 Å². The lowest BCUT2D eigenvalue weighted by molar-refractivity contribution is 0.0187. The first kappa shape index (κ1) is 21.1. The van der Waals surface area contributed by atoms with Gasteiger partial charge in [-0.1, -0.05) is 25.1 Å². The number of aliphatic imine (C=N–C) groups is 1. The number of rotatable bonds is 6. The molecule has 0 bridgehead atoms. The number of hydrogen-bond acceptors (Lipinski definition) is 4. The summed E-state index contributed by atoms with van der Waals surface area (Å²) in [6.45, 7) is 6.22. The lowest BCUT2D eigenvalue weighted by Crippen LogP contribution is -2.40. The van der Waals surface area contributed by atoms with Crippen LogP contribution in [0.15, 0.2) is 46.8 Å². The van der Waals surface area contributed by atoms with Crippen LogP contribution < -0.4 is 11.1 Å². The molecule has 0 saturated carbocycles. The number of nitrogens with zero attached hydrogens (tertiary/aromatic N) is 2. The second-order valence-electron chi connectivity index (χ2n) is 6.08. The third-order valence-electron chi connectivity index (χ3n) is 4.40. The van der Waals surface area contributed by atoms with Crippen molar-refractivity contribution in [3.63, 3.8) is 0 Å². The summed E-state index contributed by atoms with van der Waals surface area (Å²) in [5, 5.41) is 5.32. The van der Waals surface area contributed by atoms with Gasteiger partial charge in [0.2, 0.25) is 0 Å². The minimum atomic E-state index is 0. The Balaban J connectivity index is 0.00000243. The molecule has 142 valence electrons. The van der Waals surface area contributed by atoms with Gasteiger partial charge in [0.25, 0.3) is 0 Å². The summed E-state index contributed by atoms with van der Waals surface area (Å²) in [7, 11) is 0. The van der Waals surface area contributed by atoms with Crippen LogP contribution in [0.1, 0.15) is 23.4 Å². The molecule has 26 heavy (non-hydrogen) atoms. The molecule has 1 aromatic carbocycles. The fourth-order valence-electron chi connectivity index (χ4n) is 3.00. The van der Waals surface area contributed by atoms with E-state index in [1.807, 2.05) is 12.1 Å². The maximum absolute atomic E-state index is 6.13. The molecular weight excluding hydrogens is 459 g/mol. The normalized spacial score (nSPS) is 16.7. The van der Waals surface area contributed by atoms with Crippen molar-refractivity contribution in [1.29, 1.82) is 0 Å². The fraction of sp³-hybridized carbons (Fsp3) is 0.421. The van der Waals surface area contributed by atoms with Crippen LogP contribution in [0.4, 0.5) is 5.69 Å². The molecule has 1 aliphatic rings. The Morgan fingerprint density at radius 2 is 2.12 bits per heavy atom. The van der Waals surface area contributed by atoms with Gasteiger partial charge in [0.1, 0.15) is 0 Å². The van der Waals surface area contributed by atoms with Crippen molar-refractivity contribution < 1.29 is 4.74 Å². The quantitative estimate of drug-likeness (QED) is 0.371. The molecule has 2 aromatic rings. The van der Waals surface area contributed by atoms with Crippen molar-refractivity contribution in [1.82, 2.24) is 4.90 Å². The van der Waals surface area contributed by atoms with E-state index < -0.39 is 0 Å². The minimum absolute atomic E-state index is 0. The van der Waals surface area contributed by atoms with Gasteiger partial charge in [0, 0.05) is 23.7 Å². The van der Waals surface area contributed by atoms with Crippen LogP contribution in [-0.4, -0.2) is 43.7 Å². The monoisotopic (exact) mass is 486 g/mol. The summed E-state index contributed by atoms with van der Waals surface area (Å²) in [5.41, 5.74) is 8.39. The van der Waals surface area contributed by atoms with E-state index in [1.165, 1.54) is 10.4 Å². The van der Waals surface area contributed by atoms with E-state index in [9.17, 15) is 0 Å². The molecule has 7 heteroatoms. The molecule has 1 saturated heterocycles. The molecule has 1 aliphatic heterocycles. The lowest BCUT2D eigenvalue weighted by atomic mass is 10.1. The first-order valence-corrected chi connectivity index (χ1v) is 9.65. The second kappa shape index (κ2) is 10.9. The number of guanidine groups is 1. The number of nitrogens with two attached hydrogens (primary N) is 1. The third kappa shape index (κ3) is 5.94. The summed E-state index contributed by atoms with van der Waals surface area (Å²) >= 11 is 1.77. The van der Waals surface area contributed by atoms with Gasteiger partial charge >= 0.3 is 0 Å². The highest BCUT2D eigenvalue weighted by Crippen LogP contribution is 2.26. The zero-order valence-electron chi connectivity index (χ0n) is 15.1. The predicted molar refractivity (Wildman–Crippen MR) is 121 cm³/mol. The summed E-state index contributed by atoms with van der Waals surface area (Å²) < 4.78 is 5.48. The Hall–Kier alpha value is -1.16. The van der Waals surface area contributed by atoms with Crippen molar-refractivity contribution in [3.05, 3.63) is 52.2 Å². The maximum Gasteiger partial charge on any atom is 0.193 e. The van der Waals surface area contributed by atoms with Crippen LogP contribution in [-0.2, 0) is 11.2 Å². The van der Waals surface area contributed by atoms with Crippen LogP contribution in [0.5, 0.6) is 0 Å². The van der Waals surface area contributed by atoms with Crippen LogP contribution >= 0.6 is 35.3 Å². The summed E-state index contributed by atoms with van der Waals surface area (Å²) in [4.78, 5) is 8.37. The first-order chi connectivity index (χ1) is 12.3. The van der Waals surface area contributed by atoms with E-state index in [2.05, 4.69) is 51.8 Å². The standard InChI is InChI=1S/C19H26N4OS.HI/c1-2-15-5-3-6-16(13-15)22-19(20)21-14-17(18-7-4-12-25-18)23-8-10-24-11-9-23;/h3-7,12-13,17H,2,8-11,14H2,1H3,(H3,20,21,22);1H. The first-order valence-electron chi connectivity index (χ1n) is 8.77. The van der Waals surface area contributed by atoms with Gasteiger partial charge in [-0.3, -0.25) is 9.89 Å². The smallest absolute Gasteiger partial charge is 0.193 e. The number of aryl methyl sites for hydroxylation is 1. The number of anilines is 1. The van der Waals surface area contributed by atoms with Gasteiger partial charge in [0.05, 0.1) is 25.8 Å². The fourth-order valence-corrected chi connectivity index (χ4v) is 3.85. The molecular formula is C19H27IN4OS. The molecule has 1 atom stereocenters. The highest BCUT2D eigenvalue weighted by Gasteiger charge is 2.23. The number of hydrogen-bond donors (Lipinski definition) is 2. The third-order valence-corrected chi connectivity index (χ3v) is 5.37. The molecule has 0 aliphatic carbocycles. The second-order valence-corrected chi connectivity index (χ2v) is 7.06. The minimum Gasteiger partial charge on any atom is -0.379 e. The van der Waals surface area contributed by atoms with E-state index in [4.69, 9.17) is 10.5 Å². The van der Waals surface area contributed by atoms with Crippen LogP contribution in [0.3, 0.4) is 0 Å². The molecule has 2 heterocycles. The Morgan fingerprint density at radius 1 is 1.31 bits per heavy atom. The van der Waals surface area contributed by atoms with Gasteiger partial charge in [-0.2, -0.15) is 0 Å². The average Bonchev–Trinajstić information content (AvgIpc) is 3.17. The van der Waals surface area contributed by atoms with Crippen molar-refractivity contribution in [2.24, 2.45) is 10.7 Å². The molecule has 3 N–H and O–H groups in total. The molecule has 3 rings (SSSR count). The Kier molecular flexibility index (Phi) is 8.83. The Bertz CT molecular complexity index is 687. The largest absolute Gasteiger partial charge is 0.379 e. The summed E-state index contributed by atoms with van der Waals surface area (Å²) in [6.07, 6.45) is 1.00. The van der Waals surface area contributed by atoms with Crippen molar-refractivity contribution in [2.75, 3.05) is 38.2 Å². The highest BCUT2D eigenvalue weighted by atomic mass is 127. The molecule has 5 nitrogen and oxygen atoms in total. The van der Waals surface area contributed by atoms with Crippen molar-refractivity contribution in [3.8, 4) is 0 Å². The molecule has 0 spiro atoms. The topological polar surface area (TPSA) is 62.9 Å². The van der Waals surface area contributed by atoms with E-state index in [0.717, 1.165) is 38.4 Å². The number of ether oxygens (including phenoxy) is 1. The summed E-state index contributed by atoms with van der Waals surface area (Å²) in [5.74, 6) is 0.461. The van der Waals surface area contributed by atoms with E-state index in [0.29, 0.717) is 12.5 Å². The number of benzene rings is 1. The molecule has 0 amide bonds. The molecule has 1 aromatic heterocycles. The Labute approximate surface area is 176 Å². The lowest BCUT2D eigenvalue weighted by Gasteiger charge is -2.33. The molecule has 0 radical (unpaired) electrons. The van der Waals surface area contributed by atoms with E-state index >= 15 is 0 Å². The van der Waals surface area contributed by atoms with E-state index in [1.54, 1.807) is 11.3 Å². The van der Waals surface area contributed by atoms with Crippen LogP contribution in [0.2, 0.25) is 0 Å².